The second kappa shape index (κ2) is 3.25. The van der Waals surface area contributed by atoms with Crippen LogP contribution in [0.15, 0.2) is 12.4 Å². The molecule has 0 aliphatic heterocycles. The van der Waals surface area contributed by atoms with E-state index in [4.69, 9.17) is 10.8 Å². The summed E-state index contributed by atoms with van der Waals surface area (Å²) in [5.74, 6) is -0.923. The van der Waals surface area contributed by atoms with Crippen molar-refractivity contribution < 1.29 is 9.90 Å². The van der Waals surface area contributed by atoms with Gasteiger partial charge in [-0.05, 0) is 0 Å². The van der Waals surface area contributed by atoms with Gasteiger partial charge in [-0.1, -0.05) is 6.92 Å². The number of anilines is 1. The maximum atomic E-state index is 10.5. The Bertz CT molecular complexity index is 282. The van der Waals surface area contributed by atoms with Gasteiger partial charge in [-0.15, -0.1) is 0 Å². The number of nitrogens with two attached hydrogens (primary N) is 1. The van der Waals surface area contributed by atoms with Crippen LogP contribution in [0.4, 0.5) is 5.95 Å². The summed E-state index contributed by atoms with van der Waals surface area (Å²) in [7, 11) is 0. The lowest BCUT2D eigenvalue weighted by atomic mass is 10.2. The van der Waals surface area contributed by atoms with E-state index in [-0.39, 0.29) is 0 Å². The predicted octanol–water partition coefficient (Wildman–Crippen LogP) is 0.186. The SMILES string of the molecule is C[C@@H](Cn1ccnc1N)C(=O)O. The molecule has 0 saturated heterocycles. The second-order valence-electron chi connectivity index (χ2n) is 2.68. The Hall–Kier alpha value is -1.52. The van der Waals surface area contributed by atoms with Crippen LogP contribution in [0.5, 0.6) is 0 Å². The summed E-state index contributed by atoms with van der Waals surface area (Å²) in [5, 5.41) is 8.60. The number of nitrogen functional groups attached to an aromatic ring is 1. The van der Waals surface area contributed by atoms with E-state index in [0.29, 0.717) is 12.5 Å². The molecule has 1 heterocycles. The predicted molar refractivity (Wildman–Crippen MR) is 43.4 cm³/mol. The highest BCUT2D eigenvalue weighted by Gasteiger charge is 2.12. The fourth-order valence-corrected chi connectivity index (χ4v) is 0.868. The third-order valence-corrected chi connectivity index (χ3v) is 1.64. The van der Waals surface area contributed by atoms with Crippen LogP contribution in [-0.4, -0.2) is 20.6 Å². The molecule has 0 fully saturated rings. The molecule has 1 atom stereocenters. The first-order chi connectivity index (χ1) is 5.61. The third-order valence-electron chi connectivity index (χ3n) is 1.64. The number of hydrogen-bond acceptors (Lipinski definition) is 3. The largest absolute Gasteiger partial charge is 0.481 e. The smallest absolute Gasteiger partial charge is 0.308 e. The quantitative estimate of drug-likeness (QED) is 0.676. The number of aliphatic carboxylic acids is 1. The monoisotopic (exact) mass is 169 g/mol. The van der Waals surface area contributed by atoms with E-state index in [0.717, 1.165) is 0 Å². The lowest BCUT2D eigenvalue weighted by molar-refractivity contribution is -0.141. The van der Waals surface area contributed by atoms with Gasteiger partial charge in [0.1, 0.15) is 0 Å². The zero-order chi connectivity index (χ0) is 9.14. The second-order valence-corrected chi connectivity index (χ2v) is 2.68. The molecule has 1 aromatic heterocycles. The molecule has 0 amide bonds. The Morgan fingerprint density at radius 1 is 1.92 bits per heavy atom. The van der Waals surface area contributed by atoms with Crippen molar-refractivity contribution in [3.8, 4) is 0 Å². The van der Waals surface area contributed by atoms with Gasteiger partial charge in [-0.25, -0.2) is 4.98 Å². The fraction of sp³-hybridized carbons (Fsp3) is 0.429. The van der Waals surface area contributed by atoms with Gasteiger partial charge in [-0.3, -0.25) is 4.79 Å². The number of carbonyl (C=O) groups is 1. The molecule has 0 unspecified atom stereocenters. The Kier molecular flexibility index (Phi) is 2.32. The summed E-state index contributed by atoms with van der Waals surface area (Å²) >= 11 is 0. The maximum absolute atomic E-state index is 10.5. The first-order valence-corrected chi connectivity index (χ1v) is 3.60. The van der Waals surface area contributed by atoms with Crippen LogP contribution in [-0.2, 0) is 11.3 Å². The van der Waals surface area contributed by atoms with Crippen molar-refractivity contribution >= 4 is 11.9 Å². The van der Waals surface area contributed by atoms with Crippen LogP contribution >= 0.6 is 0 Å². The molecule has 3 N–H and O–H groups in total. The van der Waals surface area contributed by atoms with Gasteiger partial charge in [-0.2, -0.15) is 0 Å². The number of hydrogen-bond donors (Lipinski definition) is 2. The molecule has 0 radical (unpaired) electrons. The van der Waals surface area contributed by atoms with Crippen molar-refractivity contribution in [3.05, 3.63) is 12.4 Å². The van der Waals surface area contributed by atoms with Gasteiger partial charge in [0.25, 0.3) is 0 Å². The summed E-state index contributed by atoms with van der Waals surface area (Å²) < 4.78 is 1.61. The number of aromatic nitrogens is 2. The van der Waals surface area contributed by atoms with Gasteiger partial charge in [0.2, 0.25) is 0 Å². The van der Waals surface area contributed by atoms with Gasteiger partial charge in [0.15, 0.2) is 5.95 Å². The zero-order valence-electron chi connectivity index (χ0n) is 6.77. The summed E-state index contributed by atoms with van der Waals surface area (Å²) in [6, 6.07) is 0. The van der Waals surface area contributed by atoms with Crippen LogP contribution in [0.3, 0.4) is 0 Å². The topological polar surface area (TPSA) is 81.1 Å². The molecule has 0 aliphatic carbocycles. The Balaban J connectivity index is 2.64. The van der Waals surface area contributed by atoms with Crippen molar-refractivity contribution in [2.24, 2.45) is 5.92 Å². The average Bonchev–Trinajstić information content (AvgIpc) is 2.36. The highest BCUT2D eigenvalue weighted by molar-refractivity contribution is 5.69. The van der Waals surface area contributed by atoms with Crippen LogP contribution in [0.1, 0.15) is 6.92 Å². The molecule has 0 spiro atoms. The highest BCUT2D eigenvalue weighted by atomic mass is 16.4. The Morgan fingerprint density at radius 3 is 3.00 bits per heavy atom. The number of carboxylic acids is 1. The summed E-state index contributed by atoms with van der Waals surface area (Å²) in [5.41, 5.74) is 5.45. The van der Waals surface area contributed by atoms with Crippen LogP contribution in [0.2, 0.25) is 0 Å². The van der Waals surface area contributed by atoms with Crippen molar-refractivity contribution in [2.75, 3.05) is 5.73 Å². The summed E-state index contributed by atoms with van der Waals surface area (Å²) in [6.07, 6.45) is 3.21. The fourth-order valence-electron chi connectivity index (χ4n) is 0.868. The minimum atomic E-state index is -0.830. The van der Waals surface area contributed by atoms with Crippen molar-refractivity contribution in [3.63, 3.8) is 0 Å². The van der Waals surface area contributed by atoms with E-state index in [1.165, 1.54) is 0 Å². The van der Waals surface area contributed by atoms with Crippen molar-refractivity contribution in [1.29, 1.82) is 0 Å². The van der Waals surface area contributed by atoms with Gasteiger partial charge in [0, 0.05) is 18.9 Å². The first kappa shape index (κ1) is 8.58. The molecule has 0 aromatic carbocycles. The average molecular weight is 169 g/mol. The molecule has 1 rings (SSSR count). The zero-order valence-corrected chi connectivity index (χ0v) is 6.77. The molecular weight excluding hydrogens is 158 g/mol. The Labute approximate surface area is 69.8 Å². The minimum absolute atomic E-state index is 0.350. The number of imidazole rings is 1. The van der Waals surface area contributed by atoms with Crippen LogP contribution < -0.4 is 5.73 Å². The molecule has 12 heavy (non-hydrogen) atoms. The van der Waals surface area contributed by atoms with Crippen molar-refractivity contribution in [1.82, 2.24) is 9.55 Å². The normalized spacial score (nSPS) is 12.8. The van der Waals surface area contributed by atoms with E-state index < -0.39 is 11.9 Å². The summed E-state index contributed by atoms with van der Waals surface area (Å²) in [6.45, 7) is 1.99. The highest BCUT2D eigenvalue weighted by Crippen LogP contribution is 2.04. The minimum Gasteiger partial charge on any atom is -0.481 e. The van der Waals surface area contributed by atoms with E-state index in [1.54, 1.807) is 23.9 Å². The molecule has 0 aliphatic rings. The number of rotatable bonds is 3. The van der Waals surface area contributed by atoms with Gasteiger partial charge >= 0.3 is 5.97 Å². The molecule has 0 saturated carbocycles. The van der Waals surface area contributed by atoms with Gasteiger partial charge < -0.3 is 15.4 Å². The van der Waals surface area contributed by atoms with Crippen LogP contribution in [0, 0.1) is 5.92 Å². The van der Waals surface area contributed by atoms with E-state index in [2.05, 4.69) is 4.98 Å². The molecule has 5 nitrogen and oxygen atoms in total. The van der Waals surface area contributed by atoms with E-state index >= 15 is 0 Å². The molecular formula is C7H11N3O2. The lowest BCUT2D eigenvalue weighted by Crippen LogP contribution is -2.17. The number of carboxylic acid groups (broad SMARTS) is 1. The third kappa shape index (κ3) is 1.75. The molecule has 5 heteroatoms. The summed E-state index contributed by atoms with van der Waals surface area (Å²) in [4.78, 5) is 14.2. The van der Waals surface area contributed by atoms with E-state index in [1.807, 2.05) is 0 Å². The molecule has 0 bridgehead atoms. The van der Waals surface area contributed by atoms with Crippen molar-refractivity contribution in [2.45, 2.75) is 13.5 Å². The standard InChI is InChI=1S/C7H11N3O2/c1-5(6(11)12)4-10-3-2-9-7(10)8/h2-3,5H,4H2,1H3,(H2,8,9)(H,11,12)/t5-/m0/s1. The number of nitrogens with zero attached hydrogens (tertiary/aromatic N) is 2. The first-order valence-electron chi connectivity index (χ1n) is 3.60. The maximum Gasteiger partial charge on any atom is 0.308 e. The van der Waals surface area contributed by atoms with Crippen LogP contribution in [0.25, 0.3) is 0 Å². The lowest BCUT2D eigenvalue weighted by Gasteiger charge is -2.07. The van der Waals surface area contributed by atoms with E-state index in [9.17, 15) is 4.79 Å². The molecule has 66 valence electrons. The molecule has 1 aromatic rings. The Morgan fingerprint density at radius 2 is 2.58 bits per heavy atom. The van der Waals surface area contributed by atoms with Gasteiger partial charge in [0.05, 0.1) is 5.92 Å².